The Bertz CT molecular complexity index is 480. The highest BCUT2D eigenvalue weighted by molar-refractivity contribution is 7.89. The third kappa shape index (κ3) is 2.54. The Kier molecular flexibility index (Phi) is 3.93. The monoisotopic (exact) mass is 243 g/mol. The van der Waals surface area contributed by atoms with Gasteiger partial charge in [-0.15, -0.1) is 0 Å². The number of ether oxygens (including phenoxy) is 1. The minimum atomic E-state index is -3.42. The summed E-state index contributed by atoms with van der Waals surface area (Å²) < 4.78 is 31.3. The van der Waals surface area contributed by atoms with Crippen molar-refractivity contribution in [1.82, 2.24) is 4.72 Å². The van der Waals surface area contributed by atoms with Gasteiger partial charge in [0.1, 0.15) is 5.75 Å². The van der Waals surface area contributed by atoms with E-state index in [9.17, 15) is 8.42 Å². The van der Waals surface area contributed by atoms with Crippen molar-refractivity contribution in [2.45, 2.75) is 25.7 Å². The van der Waals surface area contributed by atoms with Gasteiger partial charge in [-0.1, -0.05) is 13.0 Å². The van der Waals surface area contributed by atoms with Crippen molar-refractivity contribution in [3.8, 4) is 5.75 Å². The van der Waals surface area contributed by atoms with Crippen LogP contribution in [0.15, 0.2) is 17.0 Å². The van der Waals surface area contributed by atoms with Crippen molar-refractivity contribution in [1.29, 1.82) is 0 Å². The van der Waals surface area contributed by atoms with Crippen molar-refractivity contribution in [3.63, 3.8) is 0 Å². The zero-order valence-electron chi connectivity index (χ0n) is 9.99. The maximum atomic E-state index is 11.9. The average molecular weight is 243 g/mol. The quantitative estimate of drug-likeness (QED) is 0.874. The first-order chi connectivity index (χ1) is 7.42. The lowest BCUT2D eigenvalue weighted by atomic mass is 10.1. The molecule has 1 aromatic rings. The molecule has 0 radical (unpaired) electrons. The van der Waals surface area contributed by atoms with Crippen molar-refractivity contribution in [2.24, 2.45) is 0 Å². The predicted octanol–water partition coefficient (Wildman–Crippen LogP) is 1.61. The van der Waals surface area contributed by atoms with Gasteiger partial charge < -0.3 is 4.74 Å². The molecule has 0 aliphatic rings. The van der Waals surface area contributed by atoms with Gasteiger partial charge in [0.2, 0.25) is 10.0 Å². The molecule has 1 rings (SSSR count). The Morgan fingerprint density at radius 1 is 1.25 bits per heavy atom. The van der Waals surface area contributed by atoms with Crippen LogP contribution in [0.5, 0.6) is 5.75 Å². The van der Waals surface area contributed by atoms with Gasteiger partial charge in [0.25, 0.3) is 0 Å². The molecular weight excluding hydrogens is 226 g/mol. The first-order valence-electron chi connectivity index (χ1n) is 5.07. The molecule has 0 aliphatic carbocycles. The Morgan fingerprint density at radius 3 is 2.38 bits per heavy atom. The summed E-state index contributed by atoms with van der Waals surface area (Å²) in [6, 6.07) is 3.37. The van der Waals surface area contributed by atoms with E-state index in [1.807, 2.05) is 13.0 Å². The second-order valence-electron chi connectivity index (χ2n) is 3.59. The van der Waals surface area contributed by atoms with Gasteiger partial charge in [0, 0.05) is 12.6 Å². The van der Waals surface area contributed by atoms with Gasteiger partial charge >= 0.3 is 0 Å². The third-order valence-electron chi connectivity index (χ3n) is 2.32. The molecule has 5 heteroatoms. The standard InChI is InChI=1S/C11H17NO3S/c1-5-12-16(13,14)11-7-10(15-4)8(2)6-9(11)3/h6-7,12H,5H2,1-4H3. The number of rotatable bonds is 4. The molecule has 0 saturated heterocycles. The zero-order chi connectivity index (χ0) is 12.3. The zero-order valence-corrected chi connectivity index (χ0v) is 10.8. The summed E-state index contributed by atoms with van der Waals surface area (Å²) >= 11 is 0. The second kappa shape index (κ2) is 4.84. The van der Waals surface area contributed by atoms with E-state index in [4.69, 9.17) is 4.74 Å². The molecule has 0 saturated carbocycles. The predicted molar refractivity (Wildman–Crippen MR) is 63.3 cm³/mol. The molecule has 0 amide bonds. The molecule has 0 fully saturated rings. The topological polar surface area (TPSA) is 55.4 Å². The number of hydrogen-bond donors (Lipinski definition) is 1. The Labute approximate surface area is 96.7 Å². The molecule has 0 heterocycles. The van der Waals surface area contributed by atoms with Gasteiger partial charge in [-0.05, 0) is 25.0 Å². The summed E-state index contributed by atoms with van der Waals surface area (Å²) in [6.07, 6.45) is 0. The van der Waals surface area contributed by atoms with Crippen molar-refractivity contribution in [2.75, 3.05) is 13.7 Å². The minimum absolute atomic E-state index is 0.275. The van der Waals surface area contributed by atoms with Gasteiger partial charge in [0.05, 0.1) is 12.0 Å². The van der Waals surface area contributed by atoms with Crippen LogP contribution in [0.25, 0.3) is 0 Å². The van der Waals surface area contributed by atoms with Crippen molar-refractivity contribution < 1.29 is 13.2 Å². The van der Waals surface area contributed by atoms with Crippen LogP contribution < -0.4 is 9.46 Å². The number of hydrogen-bond acceptors (Lipinski definition) is 3. The van der Waals surface area contributed by atoms with E-state index < -0.39 is 10.0 Å². The van der Waals surface area contributed by atoms with E-state index >= 15 is 0 Å². The molecule has 4 nitrogen and oxygen atoms in total. The van der Waals surface area contributed by atoms with Gasteiger partial charge in [0.15, 0.2) is 0 Å². The van der Waals surface area contributed by atoms with Gasteiger partial charge in [-0.2, -0.15) is 0 Å². The molecule has 90 valence electrons. The number of aryl methyl sites for hydroxylation is 2. The molecule has 16 heavy (non-hydrogen) atoms. The fraction of sp³-hybridized carbons (Fsp3) is 0.455. The van der Waals surface area contributed by atoms with E-state index in [0.29, 0.717) is 12.3 Å². The van der Waals surface area contributed by atoms with Crippen LogP contribution in [-0.4, -0.2) is 22.1 Å². The number of benzene rings is 1. The van der Waals surface area contributed by atoms with Crippen LogP contribution >= 0.6 is 0 Å². The van der Waals surface area contributed by atoms with Crippen LogP contribution in [-0.2, 0) is 10.0 Å². The number of methoxy groups -OCH3 is 1. The van der Waals surface area contributed by atoms with Crippen molar-refractivity contribution in [3.05, 3.63) is 23.3 Å². The van der Waals surface area contributed by atoms with E-state index in [-0.39, 0.29) is 4.90 Å². The van der Waals surface area contributed by atoms with Crippen LogP contribution in [0.4, 0.5) is 0 Å². The van der Waals surface area contributed by atoms with Crippen LogP contribution in [0.3, 0.4) is 0 Å². The Balaban J connectivity index is 3.34. The molecular formula is C11H17NO3S. The van der Waals surface area contributed by atoms with Gasteiger partial charge in [-0.3, -0.25) is 0 Å². The fourth-order valence-electron chi connectivity index (χ4n) is 1.59. The summed E-state index contributed by atoms with van der Waals surface area (Å²) in [6.45, 7) is 5.78. The normalized spacial score (nSPS) is 11.5. The van der Waals surface area contributed by atoms with E-state index in [0.717, 1.165) is 11.1 Å². The van der Waals surface area contributed by atoms with Gasteiger partial charge in [-0.25, -0.2) is 13.1 Å². The fourth-order valence-corrected chi connectivity index (χ4v) is 2.87. The lowest BCUT2D eigenvalue weighted by molar-refractivity contribution is 0.410. The summed E-state index contributed by atoms with van der Waals surface area (Å²) in [5.74, 6) is 0.585. The largest absolute Gasteiger partial charge is 0.496 e. The molecule has 1 N–H and O–H groups in total. The van der Waals surface area contributed by atoms with Crippen LogP contribution in [0.1, 0.15) is 18.1 Å². The van der Waals surface area contributed by atoms with E-state index in [1.165, 1.54) is 7.11 Å². The summed E-state index contributed by atoms with van der Waals surface area (Å²) in [5.41, 5.74) is 1.65. The second-order valence-corrected chi connectivity index (χ2v) is 5.32. The molecule has 0 spiro atoms. The van der Waals surface area contributed by atoms with Crippen molar-refractivity contribution >= 4 is 10.0 Å². The highest BCUT2D eigenvalue weighted by Crippen LogP contribution is 2.25. The SMILES string of the molecule is CCNS(=O)(=O)c1cc(OC)c(C)cc1C. The average Bonchev–Trinajstić information content (AvgIpc) is 2.17. The molecule has 1 aromatic carbocycles. The minimum Gasteiger partial charge on any atom is -0.496 e. The van der Waals surface area contributed by atoms with E-state index in [1.54, 1.807) is 19.9 Å². The molecule has 0 bridgehead atoms. The summed E-state index contributed by atoms with van der Waals surface area (Å²) in [5, 5.41) is 0. The first-order valence-corrected chi connectivity index (χ1v) is 6.55. The van der Waals surface area contributed by atoms with Crippen LogP contribution in [0.2, 0.25) is 0 Å². The maximum absolute atomic E-state index is 11.9. The summed E-state index contributed by atoms with van der Waals surface area (Å²) in [4.78, 5) is 0.275. The highest BCUT2D eigenvalue weighted by atomic mass is 32.2. The molecule has 0 unspecified atom stereocenters. The smallest absolute Gasteiger partial charge is 0.240 e. The molecule has 0 atom stereocenters. The summed E-state index contributed by atoms with van der Waals surface area (Å²) in [7, 11) is -1.89. The Hall–Kier alpha value is -1.07. The lowest BCUT2D eigenvalue weighted by Gasteiger charge is -2.11. The third-order valence-corrected chi connectivity index (χ3v) is 4.00. The number of sulfonamides is 1. The Morgan fingerprint density at radius 2 is 1.88 bits per heavy atom. The molecule has 0 aliphatic heterocycles. The maximum Gasteiger partial charge on any atom is 0.240 e. The molecule has 0 aromatic heterocycles. The number of nitrogens with one attached hydrogen (secondary N) is 1. The van der Waals surface area contributed by atoms with Crippen LogP contribution in [0, 0.1) is 13.8 Å². The first kappa shape index (κ1) is 13.0. The highest BCUT2D eigenvalue weighted by Gasteiger charge is 2.17. The van der Waals surface area contributed by atoms with E-state index in [2.05, 4.69) is 4.72 Å². The lowest BCUT2D eigenvalue weighted by Crippen LogP contribution is -2.24.